The van der Waals surface area contributed by atoms with E-state index in [9.17, 15) is 9.59 Å². The molecule has 140 valence electrons. The zero-order chi connectivity index (χ0) is 19.0. The number of carbonyl (C=O) groups is 2. The standard InChI is InChI=1S/C20H19ClN2O4/c1-2-26-20(25)23-8-7-12-10-15(4-5-16(12)23)22-19(24)18-11-13-9-14(21)3-6-17(13)27-18/h3-6,9-10,18H,2,7-8,11H2,1H3,(H,22,24)/t18-/m0/s1. The number of amides is 2. The van der Waals surface area contributed by atoms with E-state index in [4.69, 9.17) is 21.1 Å². The third-order valence-corrected chi connectivity index (χ3v) is 4.96. The number of halogens is 1. The van der Waals surface area contributed by atoms with Crippen molar-refractivity contribution in [1.82, 2.24) is 0 Å². The lowest BCUT2D eigenvalue weighted by Gasteiger charge is -2.17. The lowest BCUT2D eigenvalue weighted by atomic mass is 10.1. The van der Waals surface area contributed by atoms with Crippen molar-refractivity contribution in [2.45, 2.75) is 25.9 Å². The van der Waals surface area contributed by atoms with Crippen LogP contribution in [0.25, 0.3) is 0 Å². The molecule has 0 fully saturated rings. The van der Waals surface area contributed by atoms with Crippen molar-refractivity contribution in [3.8, 4) is 5.75 Å². The Labute approximate surface area is 162 Å². The topological polar surface area (TPSA) is 67.9 Å². The SMILES string of the molecule is CCOC(=O)N1CCc2cc(NC(=O)[C@@H]3Cc4cc(Cl)ccc4O3)ccc21. The van der Waals surface area contributed by atoms with Crippen LogP contribution in [0.1, 0.15) is 18.1 Å². The van der Waals surface area contributed by atoms with Crippen molar-refractivity contribution in [1.29, 1.82) is 0 Å². The fourth-order valence-corrected chi connectivity index (χ4v) is 3.65. The van der Waals surface area contributed by atoms with Gasteiger partial charge in [-0.1, -0.05) is 11.6 Å². The summed E-state index contributed by atoms with van der Waals surface area (Å²) in [6.45, 7) is 2.70. The highest BCUT2D eigenvalue weighted by Gasteiger charge is 2.30. The van der Waals surface area contributed by atoms with E-state index in [2.05, 4.69) is 5.32 Å². The van der Waals surface area contributed by atoms with Gasteiger partial charge in [0.05, 0.1) is 12.3 Å². The number of anilines is 2. The molecule has 0 unspecified atom stereocenters. The summed E-state index contributed by atoms with van der Waals surface area (Å²) >= 11 is 6.00. The Balaban J connectivity index is 1.44. The van der Waals surface area contributed by atoms with Gasteiger partial charge < -0.3 is 14.8 Å². The van der Waals surface area contributed by atoms with Crippen LogP contribution in [-0.4, -0.2) is 31.3 Å². The molecule has 0 radical (unpaired) electrons. The summed E-state index contributed by atoms with van der Waals surface area (Å²) in [6, 6.07) is 10.9. The highest BCUT2D eigenvalue weighted by Crippen LogP contribution is 2.33. The maximum atomic E-state index is 12.6. The maximum Gasteiger partial charge on any atom is 0.414 e. The van der Waals surface area contributed by atoms with Gasteiger partial charge in [-0.25, -0.2) is 4.79 Å². The first-order valence-corrected chi connectivity index (χ1v) is 9.26. The second kappa shape index (κ2) is 7.12. The van der Waals surface area contributed by atoms with Crippen LogP contribution >= 0.6 is 11.6 Å². The number of fused-ring (bicyclic) bond motifs is 2. The number of rotatable bonds is 3. The number of hydrogen-bond acceptors (Lipinski definition) is 4. The smallest absolute Gasteiger partial charge is 0.414 e. The lowest BCUT2D eigenvalue weighted by molar-refractivity contribution is -0.122. The molecule has 0 saturated carbocycles. The van der Waals surface area contributed by atoms with Gasteiger partial charge in [-0.15, -0.1) is 0 Å². The van der Waals surface area contributed by atoms with Crippen LogP contribution < -0.4 is 15.0 Å². The molecule has 2 heterocycles. The number of carbonyl (C=O) groups excluding carboxylic acids is 2. The molecule has 0 bridgehead atoms. The average molecular weight is 387 g/mol. The van der Waals surface area contributed by atoms with Crippen molar-refractivity contribution in [3.63, 3.8) is 0 Å². The first-order chi connectivity index (χ1) is 13.0. The minimum Gasteiger partial charge on any atom is -0.480 e. The summed E-state index contributed by atoms with van der Waals surface area (Å²) in [7, 11) is 0. The molecule has 27 heavy (non-hydrogen) atoms. The number of nitrogens with one attached hydrogen (secondary N) is 1. The van der Waals surface area contributed by atoms with E-state index in [1.807, 2.05) is 18.2 Å². The van der Waals surface area contributed by atoms with Crippen LogP contribution in [0.3, 0.4) is 0 Å². The van der Waals surface area contributed by atoms with Crippen molar-refractivity contribution >= 4 is 35.0 Å². The monoisotopic (exact) mass is 386 g/mol. The average Bonchev–Trinajstić information content (AvgIpc) is 3.25. The second-order valence-corrected chi connectivity index (χ2v) is 6.93. The minimum absolute atomic E-state index is 0.206. The number of hydrogen-bond donors (Lipinski definition) is 1. The van der Waals surface area contributed by atoms with E-state index >= 15 is 0 Å². The number of benzene rings is 2. The van der Waals surface area contributed by atoms with Gasteiger partial charge in [0.15, 0.2) is 6.10 Å². The highest BCUT2D eigenvalue weighted by atomic mass is 35.5. The number of ether oxygens (including phenoxy) is 2. The molecular formula is C20H19ClN2O4. The Bertz CT molecular complexity index is 915. The Morgan fingerprint density at radius 3 is 2.93 bits per heavy atom. The van der Waals surface area contributed by atoms with E-state index in [1.165, 1.54) is 0 Å². The first kappa shape index (κ1) is 17.7. The molecule has 1 atom stereocenters. The normalized spacial score (nSPS) is 17.1. The molecule has 2 aromatic carbocycles. The van der Waals surface area contributed by atoms with Gasteiger partial charge in [-0.3, -0.25) is 9.69 Å². The molecule has 1 N–H and O–H groups in total. The van der Waals surface area contributed by atoms with E-state index < -0.39 is 6.10 Å². The van der Waals surface area contributed by atoms with Gasteiger partial charge in [-0.2, -0.15) is 0 Å². The molecule has 0 aromatic heterocycles. The van der Waals surface area contributed by atoms with Gasteiger partial charge in [-0.05, 0) is 60.9 Å². The van der Waals surface area contributed by atoms with Gasteiger partial charge >= 0.3 is 6.09 Å². The zero-order valence-corrected chi connectivity index (χ0v) is 15.6. The third kappa shape index (κ3) is 3.45. The Morgan fingerprint density at radius 2 is 2.11 bits per heavy atom. The fraction of sp³-hybridized carbons (Fsp3) is 0.300. The lowest BCUT2D eigenvalue weighted by Crippen LogP contribution is -2.31. The van der Waals surface area contributed by atoms with Crippen molar-refractivity contribution < 1.29 is 19.1 Å². The van der Waals surface area contributed by atoms with Gasteiger partial charge in [0, 0.05) is 23.7 Å². The van der Waals surface area contributed by atoms with Gasteiger partial charge in [0.2, 0.25) is 0 Å². The summed E-state index contributed by atoms with van der Waals surface area (Å²) in [6.07, 6.45) is 0.289. The minimum atomic E-state index is -0.581. The molecular weight excluding hydrogens is 368 g/mol. The van der Waals surface area contributed by atoms with E-state index in [0.717, 1.165) is 23.2 Å². The van der Waals surface area contributed by atoms with E-state index in [-0.39, 0.29) is 12.0 Å². The quantitative estimate of drug-likeness (QED) is 0.871. The van der Waals surface area contributed by atoms with Crippen LogP contribution in [0.4, 0.5) is 16.2 Å². The Hall–Kier alpha value is -2.73. The van der Waals surface area contributed by atoms with Crippen LogP contribution in [0.5, 0.6) is 5.75 Å². The molecule has 0 spiro atoms. The molecule has 2 aliphatic rings. The third-order valence-electron chi connectivity index (χ3n) is 4.72. The predicted molar refractivity (Wildman–Crippen MR) is 103 cm³/mol. The summed E-state index contributed by atoms with van der Waals surface area (Å²) in [4.78, 5) is 26.2. The van der Waals surface area contributed by atoms with Gasteiger partial charge in [0.25, 0.3) is 5.91 Å². The van der Waals surface area contributed by atoms with Crippen molar-refractivity contribution in [2.24, 2.45) is 0 Å². The van der Waals surface area contributed by atoms with Crippen molar-refractivity contribution in [3.05, 3.63) is 52.5 Å². The Morgan fingerprint density at radius 1 is 1.26 bits per heavy atom. The Kier molecular flexibility index (Phi) is 4.66. The van der Waals surface area contributed by atoms with Crippen molar-refractivity contribution in [2.75, 3.05) is 23.4 Å². The molecule has 0 aliphatic carbocycles. The van der Waals surface area contributed by atoms with Crippen LogP contribution in [-0.2, 0) is 22.4 Å². The van der Waals surface area contributed by atoms with Crippen LogP contribution in [0, 0.1) is 0 Å². The first-order valence-electron chi connectivity index (χ1n) is 8.88. The molecule has 2 aliphatic heterocycles. The van der Waals surface area contributed by atoms with Gasteiger partial charge in [0.1, 0.15) is 5.75 Å². The molecule has 7 heteroatoms. The number of nitrogens with zero attached hydrogens (tertiary/aromatic N) is 1. The molecule has 6 nitrogen and oxygen atoms in total. The molecule has 0 saturated heterocycles. The molecule has 4 rings (SSSR count). The van der Waals surface area contributed by atoms with Crippen LogP contribution in [0.15, 0.2) is 36.4 Å². The van der Waals surface area contributed by atoms with Crippen LogP contribution in [0.2, 0.25) is 5.02 Å². The summed E-state index contributed by atoms with van der Waals surface area (Å²) < 4.78 is 10.8. The molecule has 2 amide bonds. The fourth-order valence-electron chi connectivity index (χ4n) is 3.46. The summed E-state index contributed by atoms with van der Waals surface area (Å²) in [5, 5.41) is 3.53. The molecule has 2 aromatic rings. The summed E-state index contributed by atoms with van der Waals surface area (Å²) in [5.74, 6) is 0.487. The largest absolute Gasteiger partial charge is 0.480 e. The van der Waals surface area contributed by atoms with E-state index in [0.29, 0.717) is 36.0 Å². The zero-order valence-electron chi connectivity index (χ0n) is 14.8. The maximum absolute atomic E-state index is 12.6. The highest BCUT2D eigenvalue weighted by molar-refractivity contribution is 6.30. The predicted octanol–water partition coefficient (Wildman–Crippen LogP) is 3.80. The second-order valence-electron chi connectivity index (χ2n) is 6.50. The van der Waals surface area contributed by atoms with E-state index in [1.54, 1.807) is 30.0 Å². The summed E-state index contributed by atoms with van der Waals surface area (Å²) in [5.41, 5.74) is 3.44.